The van der Waals surface area contributed by atoms with Crippen LogP contribution < -0.4 is 15.5 Å². The van der Waals surface area contributed by atoms with Crippen molar-refractivity contribution in [3.05, 3.63) is 93.4 Å². The highest BCUT2D eigenvalue weighted by Gasteiger charge is 2.21. The van der Waals surface area contributed by atoms with E-state index in [-0.39, 0.29) is 28.0 Å². The molecule has 3 aromatic carbocycles. The number of ether oxygens (including phenoxy) is 1. The van der Waals surface area contributed by atoms with Crippen LogP contribution in [0, 0.1) is 5.82 Å². The lowest BCUT2D eigenvalue weighted by molar-refractivity contribution is -0.118. The number of hydrogen-bond donors (Lipinski definition) is 1. The van der Waals surface area contributed by atoms with Crippen molar-refractivity contribution in [1.29, 1.82) is 0 Å². The second kappa shape index (κ2) is 9.31. The largest absolute Gasteiger partial charge is 0.476 e. The molecule has 34 heavy (non-hydrogen) atoms. The molecular weight excluding hydrogens is 457 g/mol. The molecule has 0 aliphatic carbocycles. The number of amides is 1. The van der Waals surface area contributed by atoms with Gasteiger partial charge in [-0.25, -0.2) is 4.39 Å². The van der Waals surface area contributed by atoms with E-state index in [1.54, 1.807) is 18.2 Å². The van der Waals surface area contributed by atoms with Gasteiger partial charge in [0.05, 0.1) is 11.1 Å². The molecule has 1 N–H and O–H groups in total. The summed E-state index contributed by atoms with van der Waals surface area (Å²) in [6, 6.07) is 18.1. The minimum atomic E-state index is -0.621. The lowest BCUT2D eigenvalue weighted by Crippen LogP contribution is -2.23. The van der Waals surface area contributed by atoms with Crippen LogP contribution in [0.2, 0.25) is 5.02 Å². The predicted molar refractivity (Wildman–Crippen MR) is 132 cm³/mol. The van der Waals surface area contributed by atoms with E-state index in [1.165, 1.54) is 24.3 Å². The van der Waals surface area contributed by atoms with Gasteiger partial charge in [-0.1, -0.05) is 68.8 Å². The summed E-state index contributed by atoms with van der Waals surface area (Å²) in [5, 5.41) is 3.03. The average Bonchev–Trinajstić information content (AvgIpc) is 2.80. The fraction of sp³-hybridized carbons (Fsp3) is 0.185. The van der Waals surface area contributed by atoms with Crippen LogP contribution >= 0.6 is 11.6 Å². The first-order chi connectivity index (χ1) is 16.1. The smallest absolute Gasteiger partial charge is 0.262 e. The van der Waals surface area contributed by atoms with Crippen molar-refractivity contribution in [2.45, 2.75) is 26.2 Å². The van der Waals surface area contributed by atoms with Crippen LogP contribution in [0.1, 0.15) is 26.3 Å². The van der Waals surface area contributed by atoms with Crippen LogP contribution in [-0.2, 0) is 10.2 Å². The molecule has 0 fully saturated rings. The Kier molecular flexibility index (Phi) is 6.44. The summed E-state index contributed by atoms with van der Waals surface area (Å²) in [7, 11) is 0. The molecule has 1 heterocycles. The molecule has 0 aliphatic heterocycles. The van der Waals surface area contributed by atoms with E-state index >= 15 is 0 Å². The van der Waals surface area contributed by atoms with E-state index in [0.717, 1.165) is 5.56 Å². The molecule has 4 rings (SSSR count). The van der Waals surface area contributed by atoms with Crippen LogP contribution in [0.25, 0.3) is 22.3 Å². The molecule has 0 atom stereocenters. The van der Waals surface area contributed by atoms with E-state index in [4.69, 9.17) is 20.8 Å². The maximum Gasteiger partial charge on any atom is 0.262 e. The topological polar surface area (TPSA) is 68.5 Å². The lowest BCUT2D eigenvalue weighted by atomic mass is 9.86. The molecule has 174 valence electrons. The molecule has 4 aromatic rings. The molecule has 0 spiro atoms. The molecule has 7 heteroatoms. The van der Waals surface area contributed by atoms with Gasteiger partial charge in [-0.05, 0) is 41.3 Å². The van der Waals surface area contributed by atoms with Crippen molar-refractivity contribution in [3.63, 3.8) is 0 Å². The Bertz CT molecular complexity index is 1420. The number of carbonyl (C=O) groups is 1. The Morgan fingerprint density at radius 3 is 2.44 bits per heavy atom. The highest BCUT2D eigenvalue weighted by Crippen LogP contribution is 2.33. The minimum Gasteiger partial charge on any atom is -0.476 e. The maximum absolute atomic E-state index is 13.9. The van der Waals surface area contributed by atoms with E-state index in [2.05, 4.69) is 26.1 Å². The second-order valence-electron chi connectivity index (χ2n) is 8.87. The Labute approximate surface area is 201 Å². The zero-order chi connectivity index (χ0) is 24.5. The molecule has 0 radical (unpaired) electrons. The fourth-order valence-corrected chi connectivity index (χ4v) is 3.65. The SMILES string of the molecule is CC(C)(C)c1ccc(-c2oc3ccc(Cl)cc3c(=O)c2OCC(=O)Nc2ccccc2F)cc1. The van der Waals surface area contributed by atoms with Gasteiger partial charge in [0.25, 0.3) is 5.91 Å². The molecule has 0 saturated carbocycles. The highest BCUT2D eigenvalue weighted by molar-refractivity contribution is 6.31. The van der Waals surface area contributed by atoms with E-state index in [1.807, 2.05) is 24.3 Å². The van der Waals surface area contributed by atoms with Crippen LogP contribution in [0.4, 0.5) is 10.1 Å². The number of carbonyl (C=O) groups excluding carboxylic acids is 1. The molecule has 0 saturated heterocycles. The van der Waals surface area contributed by atoms with Gasteiger partial charge < -0.3 is 14.5 Å². The van der Waals surface area contributed by atoms with Gasteiger partial charge in [0.2, 0.25) is 11.2 Å². The Balaban J connectivity index is 1.72. The number of anilines is 1. The molecule has 1 amide bonds. The highest BCUT2D eigenvalue weighted by atomic mass is 35.5. The zero-order valence-electron chi connectivity index (χ0n) is 18.9. The quantitative estimate of drug-likeness (QED) is 0.351. The Morgan fingerprint density at radius 2 is 1.76 bits per heavy atom. The van der Waals surface area contributed by atoms with E-state index < -0.39 is 23.8 Å². The number of benzene rings is 3. The summed E-state index contributed by atoms with van der Waals surface area (Å²) in [4.78, 5) is 25.7. The van der Waals surface area contributed by atoms with Gasteiger partial charge in [0.15, 0.2) is 12.4 Å². The third-order valence-corrected chi connectivity index (χ3v) is 5.55. The van der Waals surface area contributed by atoms with Crippen molar-refractivity contribution in [2.24, 2.45) is 0 Å². The summed E-state index contributed by atoms with van der Waals surface area (Å²) in [5.74, 6) is -1.12. The average molecular weight is 480 g/mol. The summed E-state index contributed by atoms with van der Waals surface area (Å²) < 4.78 is 25.6. The van der Waals surface area contributed by atoms with E-state index in [0.29, 0.717) is 16.2 Å². The number of nitrogens with one attached hydrogen (secondary N) is 1. The summed E-state index contributed by atoms with van der Waals surface area (Å²) in [6.45, 7) is 5.79. The first-order valence-electron chi connectivity index (χ1n) is 10.7. The van der Waals surface area contributed by atoms with Crippen LogP contribution in [0.3, 0.4) is 0 Å². The summed E-state index contributed by atoms with van der Waals surface area (Å²) >= 11 is 6.07. The number of fused-ring (bicyclic) bond motifs is 1. The van der Waals surface area contributed by atoms with Crippen molar-refractivity contribution in [3.8, 4) is 17.1 Å². The van der Waals surface area contributed by atoms with Gasteiger partial charge in [-0.2, -0.15) is 0 Å². The third kappa shape index (κ3) is 4.97. The molecule has 0 unspecified atom stereocenters. The van der Waals surface area contributed by atoms with Gasteiger partial charge in [0.1, 0.15) is 11.4 Å². The molecule has 0 aliphatic rings. The van der Waals surface area contributed by atoms with Crippen LogP contribution in [-0.4, -0.2) is 12.5 Å². The molecular formula is C27H23ClFNO4. The Morgan fingerprint density at radius 1 is 1.06 bits per heavy atom. The minimum absolute atomic E-state index is 0.0198. The first-order valence-corrected chi connectivity index (χ1v) is 11.1. The van der Waals surface area contributed by atoms with Crippen molar-refractivity contribution in [1.82, 2.24) is 0 Å². The molecule has 1 aromatic heterocycles. The van der Waals surface area contributed by atoms with Gasteiger partial charge >= 0.3 is 0 Å². The predicted octanol–water partition coefficient (Wildman–Crippen LogP) is 6.57. The van der Waals surface area contributed by atoms with Crippen LogP contribution in [0.15, 0.2) is 75.9 Å². The molecule has 5 nitrogen and oxygen atoms in total. The first kappa shape index (κ1) is 23.5. The van der Waals surface area contributed by atoms with Gasteiger partial charge in [0, 0.05) is 10.6 Å². The van der Waals surface area contributed by atoms with Crippen LogP contribution in [0.5, 0.6) is 5.75 Å². The normalized spacial score (nSPS) is 11.4. The van der Waals surface area contributed by atoms with Crippen molar-refractivity contribution >= 4 is 34.2 Å². The summed E-state index contributed by atoms with van der Waals surface area (Å²) in [5.41, 5.74) is 1.57. The maximum atomic E-state index is 13.9. The van der Waals surface area contributed by atoms with Gasteiger partial charge in [-0.3, -0.25) is 9.59 Å². The number of halogens is 2. The Hall–Kier alpha value is -3.64. The zero-order valence-corrected chi connectivity index (χ0v) is 19.7. The standard InChI is InChI=1S/C27H23ClFNO4/c1-27(2,3)17-10-8-16(9-11-17)25-26(24(32)19-14-18(28)12-13-22(19)34-25)33-15-23(31)30-21-7-5-4-6-20(21)29/h4-14H,15H2,1-3H3,(H,30,31). The number of para-hydroxylation sites is 1. The summed E-state index contributed by atoms with van der Waals surface area (Å²) in [6.07, 6.45) is 0. The number of rotatable bonds is 5. The third-order valence-electron chi connectivity index (χ3n) is 5.32. The van der Waals surface area contributed by atoms with Crippen molar-refractivity contribution < 1.29 is 18.3 Å². The lowest BCUT2D eigenvalue weighted by Gasteiger charge is -2.19. The number of hydrogen-bond acceptors (Lipinski definition) is 4. The van der Waals surface area contributed by atoms with Crippen molar-refractivity contribution in [2.75, 3.05) is 11.9 Å². The second-order valence-corrected chi connectivity index (χ2v) is 9.31. The van der Waals surface area contributed by atoms with E-state index in [9.17, 15) is 14.0 Å². The molecule has 0 bridgehead atoms. The monoisotopic (exact) mass is 479 g/mol. The fourth-order valence-electron chi connectivity index (χ4n) is 3.48. The van der Waals surface area contributed by atoms with Gasteiger partial charge in [-0.15, -0.1) is 0 Å².